The summed E-state index contributed by atoms with van der Waals surface area (Å²) in [7, 11) is -4.02. The predicted molar refractivity (Wildman–Crippen MR) is 138 cm³/mol. The van der Waals surface area contributed by atoms with Crippen molar-refractivity contribution in [2.75, 3.05) is 23.3 Å². The fourth-order valence-electron chi connectivity index (χ4n) is 4.90. The topological polar surface area (TPSA) is 125 Å². The average Bonchev–Trinajstić information content (AvgIpc) is 3.53. The number of halogens is 3. The number of nitrogens with one attached hydrogen (secondary N) is 3. The summed E-state index contributed by atoms with van der Waals surface area (Å²) in [6.07, 6.45) is -1.11. The van der Waals surface area contributed by atoms with Crippen LogP contribution in [0.15, 0.2) is 47.4 Å². The van der Waals surface area contributed by atoms with Crippen LogP contribution in [-0.2, 0) is 26.0 Å². The highest BCUT2D eigenvalue weighted by Gasteiger charge is 2.47. The number of hydrogen-bond acceptors (Lipinski definition) is 5. The molecule has 0 aromatic heterocycles. The zero-order valence-electron chi connectivity index (χ0n) is 21.2. The lowest BCUT2D eigenvalue weighted by atomic mass is 10.1. The molecule has 1 saturated carbocycles. The van der Waals surface area contributed by atoms with Gasteiger partial charge in [0, 0.05) is 42.0 Å². The van der Waals surface area contributed by atoms with E-state index in [1.165, 1.54) is 19.1 Å². The van der Waals surface area contributed by atoms with Crippen LogP contribution in [0.25, 0.3) is 0 Å². The predicted octanol–water partition coefficient (Wildman–Crippen LogP) is 3.36. The van der Waals surface area contributed by atoms with Crippen molar-refractivity contribution in [3.05, 3.63) is 53.6 Å². The highest BCUT2D eigenvalue weighted by atomic mass is 32.2. The first kappa shape index (κ1) is 28.6. The molecule has 1 heterocycles. The maximum atomic E-state index is 12.9. The van der Waals surface area contributed by atoms with Crippen molar-refractivity contribution in [3.8, 4) is 0 Å². The maximum absolute atomic E-state index is 12.9. The molecule has 3 N–H and O–H groups in total. The summed E-state index contributed by atoms with van der Waals surface area (Å²) in [5, 5.41) is 5.45. The van der Waals surface area contributed by atoms with E-state index in [-0.39, 0.29) is 41.9 Å². The van der Waals surface area contributed by atoms with Crippen molar-refractivity contribution < 1.29 is 36.0 Å². The number of anilines is 2. The van der Waals surface area contributed by atoms with Gasteiger partial charge in [-0.05, 0) is 74.2 Å². The van der Waals surface area contributed by atoms with Crippen molar-refractivity contribution in [2.24, 2.45) is 5.92 Å². The first-order valence-corrected chi connectivity index (χ1v) is 14.1. The second-order valence-electron chi connectivity index (χ2n) is 9.72. The summed E-state index contributed by atoms with van der Waals surface area (Å²) in [5.74, 6) is -2.43. The molecule has 0 bridgehead atoms. The minimum absolute atomic E-state index is 0.0189. The molecular formula is C26H29F3N4O5S. The Bertz CT molecular complexity index is 1360. The standard InChI is InChI=1S/C26H29F3N4O5S/c1-16-14-19-15-21(10-11-22(19)33(16)25(36)26(27,28)29)39(37,38)31-13-12-30-23(34)18-6-8-20(9-7-18)32-24(35)17-4-2-3-5-17/h6-11,15-17,31H,2-5,12-14H2,1H3,(H,30,34)(H,32,35). The molecule has 2 aromatic carbocycles. The minimum Gasteiger partial charge on any atom is -0.351 e. The number of alkyl halides is 3. The molecule has 9 nitrogen and oxygen atoms in total. The molecule has 0 radical (unpaired) electrons. The molecule has 2 aliphatic rings. The van der Waals surface area contributed by atoms with Crippen LogP contribution in [0.5, 0.6) is 0 Å². The Kier molecular flexibility index (Phi) is 8.31. The number of sulfonamides is 1. The van der Waals surface area contributed by atoms with Gasteiger partial charge in [-0.2, -0.15) is 13.2 Å². The van der Waals surface area contributed by atoms with Gasteiger partial charge in [0.1, 0.15) is 0 Å². The number of rotatable bonds is 8. The van der Waals surface area contributed by atoms with E-state index in [0.717, 1.165) is 31.7 Å². The molecule has 1 atom stereocenters. The van der Waals surface area contributed by atoms with Gasteiger partial charge in [-0.25, -0.2) is 13.1 Å². The first-order chi connectivity index (χ1) is 18.4. The second kappa shape index (κ2) is 11.3. The summed E-state index contributed by atoms with van der Waals surface area (Å²) in [4.78, 5) is 36.9. The van der Waals surface area contributed by atoms with Crippen LogP contribution in [0.2, 0.25) is 0 Å². The van der Waals surface area contributed by atoms with Crippen molar-refractivity contribution in [1.29, 1.82) is 0 Å². The van der Waals surface area contributed by atoms with Gasteiger partial charge < -0.3 is 15.5 Å². The molecule has 1 aliphatic heterocycles. The van der Waals surface area contributed by atoms with Gasteiger partial charge in [0.05, 0.1) is 4.90 Å². The molecule has 0 spiro atoms. The Morgan fingerprint density at radius 3 is 2.31 bits per heavy atom. The van der Waals surface area contributed by atoms with Crippen molar-refractivity contribution in [2.45, 2.75) is 56.1 Å². The van der Waals surface area contributed by atoms with Crippen LogP contribution in [0.3, 0.4) is 0 Å². The SMILES string of the molecule is CC1Cc2cc(S(=O)(=O)NCCNC(=O)c3ccc(NC(=O)C4CCCC4)cc3)ccc2N1C(=O)C(F)(F)F. The van der Waals surface area contributed by atoms with E-state index < -0.39 is 34.1 Å². The van der Waals surface area contributed by atoms with Gasteiger partial charge in [-0.1, -0.05) is 12.8 Å². The van der Waals surface area contributed by atoms with Gasteiger partial charge in [0.2, 0.25) is 15.9 Å². The number of carbonyl (C=O) groups excluding carboxylic acids is 3. The monoisotopic (exact) mass is 566 g/mol. The lowest BCUT2D eigenvalue weighted by molar-refractivity contribution is -0.170. The van der Waals surface area contributed by atoms with Gasteiger partial charge >= 0.3 is 12.1 Å². The molecule has 13 heteroatoms. The number of amides is 3. The fraction of sp³-hybridized carbons (Fsp3) is 0.423. The second-order valence-corrected chi connectivity index (χ2v) is 11.5. The third-order valence-electron chi connectivity index (χ3n) is 6.88. The molecule has 3 amide bonds. The third-order valence-corrected chi connectivity index (χ3v) is 8.34. The molecule has 2 aromatic rings. The maximum Gasteiger partial charge on any atom is 0.471 e. The summed E-state index contributed by atoms with van der Waals surface area (Å²) in [5.41, 5.74) is 1.27. The van der Waals surface area contributed by atoms with Crippen LogP contribution in [0.1, 0.15) is 48.5 Å². The Morgan fingerprint density at radius 1 is 1.00 bits per heavy atom. The van der Waals surface area contributed by atoms with Gasteiger partial charge in [-0.3, -0.25) is 14.4 Å². The summed E-state index contributed by atoms with van der Waals surface area (Å²) >= 11 is 0. The summed E-state index contributed by atoms with van der Waals surface area (Å²) < 4.78 is 66.6. The molecule has 39 heavy (non-hydrogen) atoms. The van der Waals surface area contributed by atoms with Crippen LogP contribution in [0.4, 0.5) is 24.5 Å². The summed E-state index contributed by atoms with van der Waals surface area (Å²) in [6, 6.07) is 9.19. The number of nitrogens with zero attached hydrogens (tertiary/aromatic N) is 1. The number of fused-ring (bicyclic) bond motifs is 1. The van der Waals surface area contributed by atoms with Crippen molar-refractivity contribution in [3.63, 3.8) is 0 Å². The van der Waals surface area contributed by atoms with E-state index in [2.05, 4.69) is 15.4 Å². The quantitative estimate of drug-likeness (QED) is 0.423. The smallest absolute Gasteiger partial charge is 0.351 e. The lowest BCUT2D eigenvalue weighted by Crippen LogP contribution is -2.44. The number of benzene rings is 2. The van der Waals surface area contributed by atoms with Crippen LogP contribution < -0.4 is 20.3 Å². The van der Waals surface area contributed by atoms with E-state index in [0.29, 0.717) is 21.7 Å². The highest BCUT2D eigenvalue weighted by Crippen LogP contribution is 2.36. The van der Waals surface area contributed by atoms with Crippen LogP contribution >= 0.6 is 0 Å². The normalized spacial score (nSPS) is 17.6. The number of hydrogen-bond donors (Lipinski definition) is 3. The molecule has 1 fully saturated rings. The molecule has 0 saturated heterocycles. The number of carbonyl (C=O) groups is 3. The van der Waals surface area contributed by atoms with E-state index >= 15 is 0 Å². The van der Waals surface area contributed by atoms with Crippen LogP contribution in [-0.4, -0.2) is 51.4 Å². The summed E-state index contributed by atoms with van der Waals surface area (Å²) in [6.45, 7) is 1.31. The zero-order chi connectivity index (χ0) is 28.4. The molecular weight excluding hydrogens is 537 g/mol. The van der Waals surface area contributed by atoms with Crippen molar-refractivity contribution in [1.82, 2.24) is 10.0 Å². The largest absolute Gasteiger partial charge is 0.471 e. The zero-order valence-corrected chi connectivity index (χ0v) is 22.0. The van der Waals surface area contributed by atoms with Gasteiger partial charge in [-0.15, -0.1) is 0 Å². The van der Waals surface area contributed by atoms with Crippen molar-refractivity contribution >= 4 is 39.1 Å². The Labute approximate surface area is 224 Å². The van der Waals surface area contributed by atoms with E-state index in [1.54, 1.807) is 24.3 Å². The first-order valence-electron chi connectivity index (χ1n) is 12.6. The Hall–Kier alpha value is -3.45. The molecule has 210 valence electrons. The Balaban J connectivity index is 1.28. The molecule has 1 aliphatic carbocycles. The minimum atomic E-state index is -5.04. The van der Waals surface area contributed by atoms with Gasteiger partial charge in [0.25, 0.3) is 5.91 Å². The third kappa shape index (κ3) is 6.59. The van der Waals surface area contributed by atoms with Crippen LogP contribution in [0, 0.1) is 5.92 Å². The van der Waals surface area contributed by atoms with E-state index in [9.17, 15) is 36.0 Å². The highest BCUT2D eigenvalue weighted by molar-refractivity contribution is 7.89. The van der Waals surface area contributed by atoms with E-state index in [4.69, 9.17) is 0 Å². The Morgan fingerprint density at radius 2 is 1.67 bits per heavy atom. The van der Waals surface area contributed by atoms with E-state index in [1.807, 2.05) is 0 Å². The average molecular weight is 567 g/mol. The van der Waals surface area contributed by atoms with Gasteiger partial charge in [0.15, 0.2) is 0 Å². The molecule has 1 unspecified atom stereocenters. The fourth-order valence-corrected chi connectivity index (χ4v) is 5.99. The lowest BCUT2D eigenvalue weighted by Gasteiger charge is -2.23. The molecule has 4 rings (SSSR count).